The van der Waals surface area contributed by atoms with Crippen molar-refractivity contribution in [3.05, 3.63) is 64.7 Å². The summed E-state index contributed by atoms with van der Waals surface area (Å²) in [6.07, 6.45) is 4.24. The van der Waals surface area contributed by atoms with Crippen LogP contribution in [0.5, 0.6) is 0 Å². The van der Waals surface area contributed by atoms with Crippen LogP contribution in [-0.4, -0.2) is 41.8 Å². The highest BCUT2D eigenvalue weighted by Crippen LogP contribution is 2.36. The Kier molecular flexibility index (Phi) is 7.55. The molecule has 7 nitrogen and oxygen atoms in total. The number of carbonyl (C=O) groups excluding carboxylic acids is 3. The standard InChI is InChI=1S/C28H36N4O3/c1-17(2)24(31-26(33)18(3)29-4)28(35)32-16-20-11-6-8-14-22(20)25(32)27(34)30-23-15-9-12-19-10-5-7-13-21(19)23/h6,8-9,11-12,14-15,17-18,24-25,29H,5,7,10,13,16H2,1-4H3,(H,30,34)(H,31,33)/t18?,24?,25-/m0/s1. The fourth-order valence-corrected chi connectivity index (χ4v) is 5.08. The van der Waals surface area contributed by atoms with Gasteiger partial charge in [0.1, 0.15) is 12.1 Å². The average Bonchev–Trinajstić information content (AvgIpc) is 3.26. The first kappa shape index (κ1) is 24.9. The lowest BCUT2D eigenvalue weighted by Gasteiger charge is -2.31. The number of aryl methyl sites for hydroxylation is 1. The number of fused-ring (bicyclic) bond motifs is 2. The van der Waals surface area contributed by atoms with Crippen molar-refractivity contribution < 1.29 is 14.4 Å². The molecule has 2 aromatic carbocycles. The van der Waals surface area contributed by atoms with Gasteiger partial charge in [-0.05, 0) is 73.9 Å². The maximum Gasteiger partial charge on any atom is 0.251 e. The summed E-state index contributed by atoms with van der Waals surface area (Å²) >= 11 is 0. The zero-order valence-corrected chi connectivity index (χ0v) is 21.1. The number of hydrogen-bond donors (Lipinski definition) is 3. The van der Waals surface area contributed by atoms with Crippen molar-refractivity contribution in [2.75, 3.05) is 12.4 Å². The van der Waals surface area contributed by atoms with Crippen LogP contribution in [0.3, 0.4) is 0 Å². The second-order valence-corrected chi connectivity index (χ2v) is 9.95. The Morgan fingerprint density at radius 3 is 2.40 bits per heavy atom. The van der Waals surface area contributed by atoms with E-state index >= 15 is 0 Å². The summed E-state index contributed by atoms with van der Waals surface area (Å²) < 4.78 is 0. The molecule has 1 heterocycles. The van der Waals surface area contributed by atoms with Crippen LogP contribution in [0.15, 0.2) is 42.5 Å². The molecule has 0 spiro atoms. The first-order valence-electron chi connectivity index (χ1n) is 12.6. The molecule has 1 aliphatic heterocycles. The van der Waals surface area contributed by atoms with E-state index in [0.717, 1.165) is 42.5 Å². The highest BCUT2D eigenvalue weighted by Gasteiger charge is 2.42. The Hall–Kier alpha value is -3.19. The Morgan fingerprint density at radius 2 is 1.66 bits per heavy atom. The molecule has 0 saturated heterocycles. The van der Waals surface area contributed by atoms with Gasteiger partial charge in [-0.3, -0.25) is 14.4 Å². The molecule has 1 aliphatic carbocycles. The van der Waals surface area contributed by atoms with Gasteiger partial charge in [0.15, 0.2) is 0 Å². The van der Waals surface area contributed by atoms with Crippen LogP contribution in [0.2, 0.25) is 0 Å². The number of likely N-dealkylation sites (N-methyl/N-ethyl adjacent to an activating group) is 1. The summed E-state index contributed by atoms with van der Waals surface area (Å²) in [5.74, 6) is -0.847. The second kappa shape index (κ2) is 10.6. The number of nitrogens with zero attached hydrogens (tertiary/aromatic N) is 1. The topological polar surface area (TPSA) is 90.5 Å². The van der Waals surface area contributed by atoms with E-state index in [1.54, 1.807) is 18.9 Å². The van der Waals surface area contributed by atoms with Crippen molar-refractivity contribution in [2.24, 2.45) is 5.92 Å². The molecule has 2 unspecified atom stereocenters. The van der Waals surface area contributed by atoms with E-state index < -0.39 is 18.1 Å². The van der Waals surface area contributed by atoms with Crippen LogP contribution in [0.25, 0.3) is 0 Å². The second-order valence-electron chi connectivity index (χ2n) is 9.95. The molecule has 0 saturated carbocycles. The number of rotatable bonds is 7. The molecular weight excluding hydrogens is 440 g/mol. The monoisotopic (exact) mass is 476 g/mol. The van der Waals surface area contributed by atoms with Gasteiger partial charge in [-0.25, -0.2) is 0 Å². The predicted molar refractivity (Wildman–Crippen MR) is 137 cm³/mol. The van der Waals surface area contributed by atoms with Gasteiger partial charge in [0.2, 0.25) is 11.8 Å². The highest BCUT2D eigenvalue weighted by molar-refractivity contribution is 6.00. The van der Waals surface area contributed by atoms with Crippen LogP contribution in [0.4, 0.5) is 5.69 Å². The molecule has 3 atom stereocenters. The predicted octanol–water partition coefficient (Wildman–Crippen LogP) is 3.34. The maximum atomic E-state index is 13.8. The quantitative estimate of drug-likeness (QED) is 0.572. The van der Waals surface area contributed by atoms with Gasteiger partial charge >= 0.3 is 0 Å². The molecule has 186 valence electrons. The van der Waals surface area contributed by atoms with Gasteiger partial charge in [0.25, 0.3) is 5.91 Å². The zero-order valence-electron chi connectivity index (χ0n) is 21.1. The Labute approximate surface area is 207 Å². The zero-order chi connectivity index (χ0) is 25.1. The molecule has 0 bridgehead atoms. The van der Waals surface area contributed by atoms with E-state index in [2.05, 4.69) is 22.0 Å². The van der Waals surface area contributed by atoms with Crippen LogP contribution < -0.4 is 16.0 Å². The van der Waals surface area contributed by atoms with E-state index in [4.69, 9.17) is 0 Å². The lowest BCUT2D eigenvalue weighted by atomic mass is 9.90. The van der Waals surface area contributed by atoms with Gasteiger partial charge < -0.3 is 20.9 Å². The smallest absolute Gasteiger partial charge is 0.251 e. The van der Waals surface area contributed by atoms with E-state index in [1.165, 1.54) is 11.1 Å². The Morgan fingerprint density at radius 1 is 0.943 bits per heavy atom. The summed E-state index contributed by atoms with van der Waals surface area (Å²) in [6.45, 7) is 5.89. The van der Waals surface area contributed by atoms with Crippen LogP contribution in [0, 0.1) is 5.92 Å². The molecule has 3 N–H and O–H groups in total. The summed E-state index contributed by atoms with van der Waals surface area (Å²) in [4.78, 5) is 41.8. The lowest BCUT2D eigenvalue weighted by Crippen LogP contribution is -2.55. The minimum atomic E-state index is -0.752. The van der Waals surface area contributed by atoms with Crippen molar-refractivity contribution in [2.45, 2.75) is 71.1 Å². The molecule has 4 rings (SSSR count). The third-order valence-corrected chi connectivity index (χ3v) is 7.24. The Bertz CT molecular complexity index is 1110. The molecule has 35 heavy (non-hydrogen) atoms. The number of carbonyl (C=O) groups is 3. The van der Waals surface area contributed by atoms with Gasteiger partial charge in [-0.1, -0.05) is 50.2 Å². The molecule has 3 amide bonds. The number of anilines is 1. The molecule has 7 heteroatoms. The summed E-state index contributed by atoms with van der Waals surface area (Å²) in [5, 5.41) is 8.95. The molecular formula is C28H36N4O3. The van der Waals surface area contributed by atoms with Crippen LogP contribution in [-0.2, 0) is 33.8 Å². The average molecular weight is 477 g/mol. The minimum Gasteiger partial charge on any atom is -0.343 e. The van der Waals surface area contributed by atoms with Gasteiger partial charge in [0, 0.05) is 12.2 Å². The summed E-state index contributed by atoms with van der Waals surface area (Å²) in [6, 6.07) is 11.9. The van der Waals surface area contributed by atoms with Crippen molar-refractivity contribution in [3.63, 3.8) is 0 Å². The fourth-order valence-electron chi connectivity index (χ4n) is 5.08. The van der Waals surface area contributed by atoms with Crippen LogP contribution in [0.1, 0.15) is 61.9 Å². The largest absolute Gasteiger partial charge is 0.343 e. The maximum absolute atomic E-state index is 13.8. The highest BCUT2D eigenvalue weighted by atomic mass is 16.2. The number of amides is 3. The molecule has 0 radical (unpaired) electrons. The Balaban J connectivity index is 1.63. The SMILES string of the molecule is CNC(C)C(=O)NC(C(=O)N1Cc2ccccc2[C@H]1C(=O)Nc1cccc2c1CCCC2)C(C)C. The van der Waals surface area contributed by atoms with E-state index in [-0.39, 0.29) is 23.6 Å². The van der Waals surface area contributed by atoms with Crippen molar-refractivity contribution in [1.82, 2.24) is 15.5 Å². The van der Waals surface area contributed by atoms with Crippen molar-refractivity contribution in [3.8, 4) is 0 Å². The molecule has 2 aliphatic rings. The van der Waals surface area contributed by atoms with E-state index in [1.807, 2.05) is 50.2 Å². The van der Waals surface area contributed by atoms with Gasteiger partial charge in [0.05, 0.1) is 6.04 Å². The summed E-state index contributed by atoms with van der Waals surface area (Å²) in [7, 11) is 1.70. The van der Waals surface area contributed by atoms with E-state index in [0.29, 0.717) is 6.54 Å². The van der Waals surface area contributed by atoms with Crippen molar-refractivity contribution in [1.29, 1.82) is 0 Å². The fraction of sp³-hybridized carbons (Fsp3) is 0.464. The summed E-state index contributed by atoms with van der Waals surface area (Å²) in [5.41, 5.74) is 5.11. The minimum absolute atomic E-state index is 0.135. The van der Waals surface area contributed by atoms with Gasteiger partial charge in [-0.2, -0.15) is 0 Å². The van der Waals surface area contributed by atoms with Crippen LogP contribution >= 0.6 is 0 Å². The number of benzene rings is 2. The molecule has 2 aromatic rings. The lowest BCUT2D eigenvalue weighted by molar-refractivity contribution is -0.143. The van der Waals surface area contributed by atoms with E-state index in [9.17, 15) is 14.4 Å². The first-order valence-corrected chi connectivity index (χ1v) is 12.6. The molecule has 0 fully saturated rings. The number of nitrogens with one attached hydrogen (secondary N) is 3. The molecule has 0 aromatic heterocycles. The van der Waals surface area contributed by atoms with Crippen molar-refractivity contribution >= 4 is 23.4 Å². The first-order chi connectivity index (χ1) is 16.8. The van der Waals surface area contributed by atoms with Gasteiger partial charge in [-0.15, -0.1) is 0 Å². The third-order valence-electron chi connectivity index (χ3n) is 7.24. The number of hydrogen-bond acceptors (Lipinski definition) is 4. The third kappa shape index (κ3) is 5.10. The normalized spacial score (nSPS) is 18.4.